The van der Waals surface area contributed by atoms with Gasteiger partial charge in [-0.25, -0.2) is 10.8 Å². The minimum absolute atomic E-state index is 0.325. The number of carbonyl (C=O) groups excluding carboxylic acids is 1. The van der Waals surface area contributed by atoms with E-state index < -0.39 is 0 Å². The van der Waals surface area contributed by atoms with Gasteiger partial charge in [-0.1, -0.05) is 0 Å². The third kappa shape index (κ3) is 2.27. The molecule has 1 aliphatic rings. The predicted octanol–water partition coefficient (Wildman–Crippen LogP) is 0.737. The monoisotopic (exact) mass is 226 g/mol. The number of nitrogens with two attached hydrogens (primary N) is 1. The second-order valence-corrected chi connectivity index (χ2v) is 4.37. The van der Waals surface area contributed by atoms with Crippen LogP contribution in [0.1, 0.15) is 29.8 Å². The van der Waals surface area contributed by atoms with Crippen LogP contribution in [-0.4, -0.2) is 24.0 Å². The fourth-order valence-electron chi connectivity index (χ4n) is 1.67. The Bertz CT molecular complexity index is 346. The van der Waals surface area contributed by atoms with E-state index in [1.165, 1.54) is 30.6 Å². The number of anilines is 1. The molecule has 0 bridgehead atoms. The summed E-state index contributed by atoms with van der Waals surface area (Å²) in [6.07, 6.45) is 3.70. The number of piperidine rings is 1. The highest BCUT2D eigenvalue weighted by Crippen LogP contribution is 2.23. The fraction of sp³-hybridized carbons (Fsp3) is 0.556. The lowest BCUT2D eigenvalue weighted by Gasteiger charge is -2.25. The first-order valence-electron chi connectivity index (χ1n) is 5.02. The van der Waals surface area contributed by atoms with Gasteiger partial charge in [-0.15, -0.1) is 11.3 Å². The molecule has 6 heteroatoms. The highest BCUT2D eigenvalue weighted by molar-refractivity contribution is 7.13. The summed E-state index contributed by atoms with van der Waals surface area (Å²) in [6.45, 7) is 2.08. The molecule has 0 saturated carbocycles. The molecular weight excluding hydrogens is 212 g/mol. The SMILES string of the molecule is NNC(=O)c1csc(N2CCCCC2)n1. The van der Waals surface area contributed by atoms with Crippen molar-refractivity contribution in [3.8, 4) is 0 Å². The topological polar surface area (TPSA) is 71.2 Å². The smallest absolute Gasteiger partial charge is 0.284 e. The number of amides is 1. The maximum atomic E-state index is 11.2. The Morgan fingerprint density at radius 3 is 2.87 bits per heavy atom. The summed E-state index contributed by atoms with van der Waals surface area (Å²) in [7, 11) is 0. The van der Waals surface area contributed by atoms with Gasteiger partial charge in [-0.05, 0) is 19.3 Å². The van der Waals surface area contributed by atoms with Crippen molar-refractivity contribution in [2.75, 3.05) is 18.0 Å². The molecule has 2 rings (SSSR count). The van der Waals surface area contributed by atoms with Crippen molar-refractivity contribution < 1.29 is 4.79 Å². The van der Waals surface area contributed by atoms with E-state index in [2.05, 4.69) is 15.3 Å². The first-order valence-corrected chi connectivity index (χ1v) is 5.90. The molecule has 1 aliphatic heterocycles. The van der Waals surface area contributed by atoms with Crippen molar-refractivity contribution in [1.29, 1.82) is 0 Å². The molecule has 0 aliphatic carbocycles. The lowest BCUT2D eigenvalue weighted by Crippen LogP contribution is -2.31. The molecule has 1 saturated heterocycles. The molecule has 3 N–H and O–H groups in total. The first kappa shape index (κ1) is 10.4. The first-order chi connectivity index (χ1) is 7.31. The highest BCUT2D eigenvalue weighted by Gasteiger charge is 2.16. The zero-order valence-electron chi connectivity index (χ0n) is 8.40. The molecule has 82 valence electrons. The van der Waals surface area contributed by atoms with Gasteiger partial charge in [0.1, 0.15) is 5.69 Å². The number of nitrogens with zero attached hydrogens (tertiary/aromatic N) is 2. The van der Waals surface area contributed by atoms with E-state index in [0.29, 0.717) is 5.69 Å². The van der Waals surface area contributed by atoms with E-state index >= 15 is 0 Å². The van der Waals surface area contributed by atoms with Gasteiger partial charge in [0.05, 0.1) is 0 Å². The molecule has 0 unspecified atom stereocenters. The maximum absolute atomic E-state index is 11.2. The van der Waals surface area contributed by atoms with Crippen LogP contribution in [0, 0.1) is 0 Å². The normalized spacial score (nSPS) is 16.5. The molecule has 1 aromatic heterocycles. The van der Waals surface area contributed by atoms with Crippen molar-refractivity contribution >= 4 is 22.4 Å². The maximum Gasteiger partial charge on any atom is 0.284 e. The van der Waals surface area contributed by atoms with E-state index in [4.69, 9.17) is 5.84 Å². The average Bonchev–Trinajstić information content (AvgIpc) is 2.78. The molecule has 0 atom stereocenters. The van der Waals surface area contributed by atoms with Gasteiger partial charge in [0.2, 0.25) is 0 Å². The van der Waals surface area contributed by atoms with E-state index in [9.17, 15) is 4.79 Å². The lowest BCUT2D eigenvalue weighted by atomic mass is 10.1. The summed E-state index contributed by atoms with van der Waals surface area (Å²) in [5.74, 6) is 4.72. The van der Waals surface area contributed by atoms with Crippen molar-refractivity contribution in [3.05, 3.63) is 11.1 Å². The van der Waals surface area contributed by atoms with Gasteiger partial charge in [-0.2, -0.15) is 0 Å². The number of aromatic nitrogens is 1. The Morgan fingerprint density at radius 2 is 2.20 bits per heavy atom. The summed E-state index contributed by atoms with van der Waals surface area (Å²) in [6, 6.07) is 0. The van der Waals surface area contributed by atoms with Crippen molar-refractivity contribution in [3.63, 3.8) is 0 Å². The van der Waals surface area contributed by atoms with Gasteiger partial charge in [-0.3, -0.25) is 10.2 Å². The molecule has 1 fully saturated rings. The van der Waals surface area contributed by atoms with Crippen LogP contribution in [0.15, 0.2) is 5.38 Å². The van der Waals surface area contributed by atoms with Gasteiger partial charge in [0.15, 0.2) is 5.13 Å². The number of hydrogen-bond acceptors (Lipinski definition) is 5. The van der Waals surface area contributed by atoms with Gasteiger partial charge in [0, 0.05) is 18.5 Å². The van der Waals surface area contributed by atoms with E-state index in [1.54, 1.807) is 5.38 Å². The molecule has 1 amide bonds. The summed E-state index contributed by atoms with van der Waals surface area (Å²) in [5.41, 5.74) is 2.49. The van der Waals surface area contributed by atoms with Crippen LogP contribution in [-0.2, 0) is 0 Å². The lowest BCUT2D eigenvalue weighted by molar-refractivity contribution is 0.0949. The second kappa shape index (κ2) is 4.59. The molecule has 1 aromatic rings. The quantitative estimate of drug-likeness (QED) is 0.443. The number of nitrogens with one attached hydrogen (secondary N) is 1. The molecular formula is C9H14N4OS. The standard InChI is InChI=1S/C9H14N4OS/c10-12-8(14)7-6-15-9(11-7)13-4-2-1-3-5-13/h6H,1-5,10H2,(H,12,14). The highest BCUT2D eigenvalue weighted by atomic mass is 32.1. The Hall–Kier alpha value is -1.14. The molecule has 0 spiro atoms. The van der Waals surface area contributed by atoms with Crippen LogP contribution < -0.4 is 16.2 Å². The Kier molecular flexibility index (Phi) is 3.17. The number of nitrogen functional groups attached to an aromatic ring is 1. The molecule has 0 aromatic carbocycles. The average molecular weight is 226 g/mol. The summed E-state index contributed by atoms with van der Waals surface area (Å²) >= 11 is 1.50. The van der Waals surface area contributed by atoms with E-state index in [0.717, 1.165) is 18.2 Å². The molecule has 5 nitrogen and oxygen atoms in total. The number of rotatable bonds is 2. The number of carbonyl (C=O) groups is 1. The molecule has 2 heterocycles. The van der Waals surface area contributed by atoms with Crippen LogP contribution in [0.25, 0.3) is 0 Å². The van der Waals surface area contributed by atoms with Crippen LogP contribution in [0.5, 0.6) is 0 Å². The second-order valence-electron chi connectivity index (χ2n) is 3.54. The Morgan fingerprint density at radius 1 is 1.47 bits per heavy atom. The molecule has 0 radical (unpaired) electrons. The van der Waals surface area contributed by atoms with Gasteiger partial charge >= 0.3 is 0 Å². The predicted molar refractivity (Wildman–Crippen MR) is 59.8 cm³/mol. The summed E-state index contributed by atoms with van der Waals surface area (Å²) in [5, 5.41) is 2.67. The van der Waals surface area contributed by atoms with Crippen LogP contribution >= 0.6 is 11.3 Å². The fourth-order valence-corrected chi connectivity index (χ4v) is 2.53. The van der Waals surface area contributed by atoms with Crippen LogP contribution in [0.2, 0.25) is 0 Å². The zero-order chi connectivity index (χ0) is 10.7. The van der Waals surface area contributed by atoms with E-state index in [1.807, 2.05) is 0 Å². The zero-order valence-corrected chi connectivity index (χ0v) is 9.22. The third-order valence-electron chi connectivity index (χ3n) is 2.48. The number of hydrogen-bond donors (Lipinski definition) is 2. The molecule has 15 heavy (non-hydrogen) atoms. The minimum atomic E-state index is -0.325. The van der Waals surface area contributed by atoms with Crippen LogP contribution in [0.4, 0.5) is 5.13 Å². The van der Waals surface area contributed by atoms with E-state index in [-0.39, 0.29) is 5.91 Å². The van der Waals surface area contributed by atoms with Crippen LogP contribution in [0.3, 0.4) is 0 Å². The summed E-state index contributed by atoms with van der Waals surface area (Å²) in [4.78, 5) is 17.7. The number of thiazole rings is 1. The van der Waals surface area contributed by atoms with Crippen molar-refractivity contribution in [1.82, 2.24) is 10.4 Å². The van der Waals surface area contributed by atoms with Gasteiger partial charge in [0.25, 0.3) is 5.91 Å². The van der Waals surface area contributed by atoms with Crippen molar-refractivity contribution in [2.24, 2.45) is 5.84 Å². The minimum Gasteiger partial charge on any atom is -0.348 e. The number of hydrazine groups is 1. The largest absolute Gasteiger partial charge is 0.348 e. The summed E-state index contributed by atoms with van der Waals surface area (Å²) < 4.78 is 0. The Labute approximate surface area is 92.3 Å². The third-order valence-corrected chi connectivity index (χ3v) is 3.38. The van der Waals surface area contributed by atoms with Gasteiger partial charge < -0.3 is 4.90 Å². The Balaban J connectivity index is 2.08. The van der Waals surface area contributed by atoms with Crippen molar-refractivity contribution in [2.45, 2.75) is 19.3 Å².